The Hall–Kier alpha value is -0.890. The molecule has 1 saturated heterocycles. The van der Waals surface area contributed by atoms with Crippen molar-refractivity contribution in [3.8, 4) is 0 Å². The summed E-state index contributed by atoms with van der Waals surface area (Å²) in [6.07, 6.45) is 3.54. The van der Waals surface area contributed by atoms with Gasteiger partial charge in [0.2, 0.25) is 0 Å². The summed E-state index contributed by atoms with van der Waals surface area (Å²) in [5, 5.41) is 6.96. The fourth-order valence-corrected chi connectivity index (χ4v) is 3.08. The van der Waals surface area contributed by atoms with Crippen LogP contribution in [-0.2, 0) is 0 Å². The molecule has 1 heterocycles. The zero-order valence-corrected chi connectivity index (χ0v) is 8.10. The van der Waals surface area contributed by atoms with Gasteiger partial charge in [-0.3, -0.25) is 0 Å². The first-order chi connectivity index (χ1) is 6.45. The Bertz CT molecular complexity index is 449. The Morgan fingerprint density at radius 1 is 1.31 bits per heavy atom. The van der Waals surface area contributed by atoms with Crippen molar-refractivity contribution in [2.24, 2.45) is 0 Å². The number of rotatable bonds is 0. The summed E-state index contributed by atoms with van der Waals surface area (Å²) in [6, 6.07) is 8.64. The van der Waals surface area contributed by atoms with E-state index in [2.05, 4.69) is 35.7 Å². The van der Waals surface area contributed by atoms with Crippen LogP contribution in [0.2, 0.25) is 0 Å². The minimum Gasteiger partial charge on any atom is -0.378 e. The monoisotopic (exact) mass is 189 g/mol. The van der Waals surface area contributed by atoms with Crippen LogP contribution in [0.4, 0.5) is 0 Å². The van der Waals surface area contributed by atoms with Crippen LogP contribution in [-0.4, -0.2) is 11.1 Å². The standard InChI is InChI=1S/C11H11NS/c1-2-4-9-8(3-1)5-6-10-11(9)12-7-13-10/h1-5,10,12H,6-7H2. The quantitative estimate of drug-likeness (QED) is 0.643. The second-order valence-corrected chi connectivity index (χ2v) is 4.61. The normalized spacial score (nSPS) is 24.3. The minimum absolute atomic E-state index is 0.690. The van der Waals surface area contributed by atoms with E-state index in [9.17, 15) is 0 Å². The maximum Gasteiger partial charge on any atom is 0.0615 e. The van der Waals surface area contributed by atoms with Gasteiger partial charge >= 0.3 is 0 Å². The molecule has 13 heavy (non-hydrogen) atoms. The van der Waals surface area contributed by atoms with E-state index in [1.54, 1.807) is 0 Å². The summed E-state index contributed by atoms with van der Waals surface area (Å²) in [5.74, 6) is 1.07. The summed E-state index contributed by atoms with van der Waals surface area (Å²) in [5.41, 5.74) is 1.45. The Labute approximate surface area is 81.5 Å². The zero-order chi connectivity index (χ0) is 8.67. The maximum atomic E-state index is 3.47. The molecule has 1 fully saturated rings. The largest absolute Gasteiger partial charge is 0.378 e. The fourth-order valence-electron chi connectivity index (χ4n) is 2.03. The molecule has 0 radical (unpaired) electrons. The average Bonchev–Trinajstić information content (AvgIpc) is 2.65. The molecule has 2 aliphatic rings. The summed E-state index contributed by atoms with van der Waals surface area (Å²) in [7, 11) is 0. The first kappa shape index (κ1) is 7.51. The van der Waals surface area contributed by atoms with Crippen molar-refractivity contribution >= 4 is 23.5 Å². The van der Waals surface area contributed by atoms with Crippen LogP contribution >= 0.6 is 11.8 Å². The first-order valence-electron chi connectivity index (χ1n) is 4.60. The molecular formula is C11H11NS. The van der Waals surface area contributed by atoms with Gasteiger partial charge in [-0.2, -0.15) is 0 Å². The molecule has 1 N–H and O–H groups in total. The van der Waals surface area contributed by atoms with Gasteiger partial charge < -0.3 is 5.32 Å². The molecule has 0 aromatic heterocycles. The molecule has 0 saturated carbocycles. The smallest absolute Gasteiger partial charge is 0.0615 e. The molecule has 1 aliphatic carbocycles. The van der Waals surface area contributed by atoms with Crippen LogP contribution in [0.1, 0.15) is 6.42 Å². The van der Waals surface area contributed by atoms with E-state index in [1.807, 2.05) is 11.8 Å². The Balaban J connectivity index is 2.38. The van der Waals surface area contributed by atoms with Crippen molar-refractivity contribution in [2.75, 3.05) is 5.88 Å². The lowest BCUT2D eigenvalue weighted by atomic mass is 10.0. The molecular weight excluding hydrogens is 178 g/mol. The molecule has 0 spiro atoms. The van der Waals surface area contributed by atoms with Crippen LogP contribution in [0.15, 0.2) is 24.3 Å². The Morgan fingerprint density at radius 3 is 3.23 bits per heavy atom. The van der Waals surface area contributed by atoms with Crippen molar-refractivity contribution in [3.05, 3.63) is 34.7 Å². The lowest BCUT2D eigenvalue weighted by molar-refractivity contribution is 1.00. The van der Waals surface area contributed by atoms with E-state index in [0.717, 1.165) is 5.88 Å². The zero-order valence-electron chi connectivity index (χ0n) is 7.29. The van der Waals surface area contributed by atoms with Crippen molar-refractivity contribution in [1.82, 2.24) is 5.32 Å². The van der Waals surface area contributed by atoms with Crippen LogP contribution in [0, 0.1) is 0 Å². The summed E-state index contributed by atoms with van der Waals surface area (Å²) >= 11 is 2.01. The predicted molar refractivity (Wildman–Crippen MR) is 57.6 cm³/mol. The van der Waals surface area contributed by atoms with Crippen molar-refractivity contribution in [3.63, 3.8) is 0 Å². The molecule has 1 aromatic rings. The van der Waals surface area contributed by atoms with Gasteiger partial charge in [-0.15, -0.1) is 11.8 Å². The molecule has 1 aromatic carbocycles. The number of thioether (sulfide) groups is 1. The minimum atomic E-state index is 0.690. The lowest BCUT2D eigenvalue weighted by Gasteiger charge is -2.12. The number of hydrogen-bond acceptors (Lipinski definition) is 2. The molecule has 1 atom stereocenters. The summed E-state index contributed by atoms with van der Waals surface area (Å²) in [6.45, 7) is 0. The van der Waals surface area contributed by atoms with Gasteiger partial charge in [-0.05, 0) is 11.6 Å². The number of fused-ring (bicyclic) bond motifs is 2. The Kier molecular flexibility index (Phi) is 1.62. The molecule has 2 heteroatoms. The molecule has 0 bridgehead atoms. The lowest BCUT2D eigenvalue weighted by Crippen LogP contribution is -2.35. The Morgan fingerprint density at radius 2 is 2.23 bits per heavy atom. The predicted octanol–water partition coefficient (Wildman–Crippen LogP) is 0.642. The molecule has 66 valence electrons. The summed E-state index contributed by atoms with van der Waals surface area (Å²) < 4.78 is 0. The van der Waals surface area contributed by atoms with Gasteiger partial charge in [-0.1, -0.05) is 30.3 Å². The SMILES string of the molecule is C1=c2ccccc2=C2NCSC2C1. The molecule has 1 unspecified atom stereocenters. The third kappa shape index (κ3) is 1.09. The molecule has 0 amide bonds. The van der Waals surface area contributed by atoms with Gasteiger partial charge in [0.05, 0.1) is 11.1 Å². The van der Waals surface area contributed by atoms with Crippen LogP contribution < -0.4 is 15.8 Å². The number of hydrogen-bond donors (Lipinski definition) is 1. The second-order valence-electron chi connectivity index (χ2n) is 3.42. The number of benzene rings is 1. The van der Waals surface area contributed by atoms with Gasteiger partial charge in [0, 0.05) is 10.9 Å². The van der Waals surface area contributed by atoms with Crippen molar-refractivity contribution in [1.29, 1.82) is 0 Å². The first-order valence-corrected chi connectivity index (χ1v) is 5.65. The highest BCUT2D eigenvalue weighted by Gasteiger charge is 2.22. The van der Waals surface area contributed by atoms with E-state index in [-0.39, 0.29) is 0 Å². The van der Waals surface area contributed by atoms with Gasteiger partial charge in [0.25, 0.3) is 0 Å². The van der Waals surface area contributed by atoms with Gasteiger partial charge in [0.15, 0.2) is 0 Å². The van der Waals surface area contributed by atoms with E-state index >= 15 is 0 Å². The van der Waals surface area contributed by atoms with Gasteiger partial charge in [-0.25, -0.2) is 0 Å². The second kappa shape index (κ2) is 2.81. The van der Waals surface area contributed by atoms with E-state index in [1.165, 1.54) is 22.6 Å². The van der Waals surface area contributed by atoms with Crippen LogP contribution in [0.25, 0.3) is 11.8 Å². The molecule has 1 aliphatic heterocycles. The van der Waals surface area contributed by atoms with Crippen LogP contribution in [0.3, 0.4) is 0 Å². The highest BCUT2D eigenvalue weighted by atomic mass is 32.2. The fraction of sp³-hybridized carbons (Fsp3) is 0.273. The third-order valence-electron chi connectivity index (χ3n) is 2.67. The van der Waals surface area contributed by atoms with Gasteiger partial charge in [0.1, 0.15) is 0 Å². The van der Waals surface area contributed by atoms with Crippen LogP contribution in [0.5, 0.6) is 0 Å². The highest BCUT2D eigenvalue weighted by molar-refractivity contribution is 8.00. The van der Waals surface area contributed by atoms with Crippen molar-refractivity contribution in [2.45, 2.75) is 11.7 Å². The third-order valence-corrected chi connectivity index (χ3v) is 3.81. The molecule has 1 nitrogen and oxygen atoms in total. The molecule has 3 rings (SSSR count). The highest BCUT2D eigenvalue weighted by Crippen LogP contribution is 2.27. The summed E-state index contributed by atoms with van der Waals surface area (Å²) in [4.78, 5) is 0. The van der Waals surface area contributed by atoms with Crippen molar-refractivity contribution < 1.29 is 0 Å². The maximum absolute atomic E-state index is 3.47. The van der Waals surface area contributed by atoms with E-state index < -0.39 is 0 Å². The van der Waals surface area contributed by atoms with E-state index in [0.29, 0.717) is 5.25 Å². The average molecular weight is 189 g/mol. The van der Waals surface area contributed by atoms with E-state index in [4.69, 9.17) is 0 Å². The number of nitrogens with one attached hydrogen (secondary N) is 1. The topological polar surface area (TPSA) is 12.0 Å².